The molecule has 1 aromatic carbocycles. The molecule has 0 bridgehead atoms. The summed E-state index contributed by atoms with van der Waals surface area (Å²) >= 11 is 0. The van der Waals surface area contributed by atoms with Crippen LogP contribution in [0.1, 0.15) is 16.2 Å². The van der Waals surface area contributed by atoms with E-state index in [-0.39, 0.29) is 22.0 Å². The molecule has 1 heterocycles. The minimum atomic E-state index is -3.95. The summed E-state index contributed by atoms with van der Waals surface area (Å²) in [7, 11) is -3.95. The maximum absolute atomic E-state index is 12.1. The topological polar surface area (TPSA) is 138 Å². The molecular formula is C11H12N4O4S. The van der Waals surface area contributed by atoms with Crippen molar-refractivity contribution in [2.24, 2.45) is 0 Å². The first-order valence-electron chi connectivity index (χ1n) is 5.47. The van der Waals surface area contributed by atoms with Crippen molar-refractivity contribution in [1.82, 2.24) is 9.97 Å². The van der Waals surface area contributed by atoms with Gasteiger partial charge in [-0.2, -0.15) is 8.42 Å². The second-order valence-electron chi connectivity index (χ2n) is 4.05. The molecule has 0 radical (unpaired) electrons. The third-order valence-electron chi connectivity index (χ3n) is 2.49. The molecule has 0 saturated heterocycles. The highest BCUT2D eigenvalue weighted by molar-refractivity contribution is 7.92. The highest BCUT2D eigenvalue weighted by Crippen LogP contribution is 2.22. The molecule has 0 saturated carbocycles. The van der Waals surface area contributed by atoms with Crippen molar-refractivity contribution in [1.29, 1.82) is 0 Å². The normalized spacial score (nSPS) is 11.2. The Morgan fingerprint density at radius 1 is 1.45 bits per heavy atom. The predicted octanol–water partition coefficient (Wildman–Crippen LogP) is 0.799. The van der Waals surface area contributed by atoms with Gasteiger partial charge in [0.15, 0.2) is 5.03 Å². The van der Waals surface area contributed by atoms with Gasteiger partial charge in [0.05, 0.1) is 17.4 Å². The SMILES string of the molecule is Cc1ncc(S(=O)(=O)Nc2cc(N)ccc2C(=O)O)[nH]1. The smallest absolute Gasteiger partial charge is 0.337 e. The zero-order valence-electron chi connectivity index (χ0n) is 10.4. The van der Waals surface area contributed by atoms with E-state index in [0.717, 1.165) is 6.20 Å². The van der Waals surface area contributed by atoms with E-state index in [2.05, 4.69) is 14.7 Å². The second-order valence-corrected chi connectivity index (χ2v) is 5.70. The summed E-state index contributed by atoms with van der Waals surface area (Å²) in [5, 5.41) is 8.87. The maximum atomic E-state index is 12.1. The van der Waals surface area contributed by atoms with Gasteiger partial charge in [-0.15, -0.1) is 0 Å². The highest BCUT2D eigenvalue weighted by atomic mass is 32.2. The van der Waals surface area contributed by atoms with Crippen LogP contribution >= 0.6 is 0 Å². The van der Waals surface area contributed by atoms with Crippen LogP contribution in [0.4, 0.5) is 11.4 Å². The number of carboxylic acid groups (broad SMARTS) is 1. The summed E-state index contributed by atoms with van der Waals surface area (Å²) in [6, 6.07) is 3.85. The average molecular weight is 296 g/mol. The molecule has 0 atom stereocenters. The van der Waals surface area contributed by atoms with Crippen LogP contribution < -0.4 is 10.5 Å². The second kappa shape index (κ2) is 4.85. The van der Waals surface area contributed by atoms with E-state index in [4.69, 9.17) is 10.8 Å². The van der Waals surface area contributed by atoms with Crippen LogP contribution in [0.3, 0.4) is 0 Å². The number of rotatable bonds is 4. The van der Waals surface area contributed by atoms with E-state index < -0.39 is 16.0 Å². The molecule has 0 amide bonds. The summed E-state index contributed by atoms with van der Waals surface area (Å²) in [6.07, 6.45) is 1.14. The number of aromatic nitrogens is 2. The zero-order chi connectivity index (χ0) is 14.9. The number of imidazole rings is 1. The number of H-pyrrole nitrogens is 1. The molecule has 20 heavy (non-hydrogen) atoms. The number of benzene rings is 1. The van der Waals surface area contributed by atoms with Crippen LogP contribution in [-0.4, -0.2) is 29.5 Å². The van der Waals surface area contributed by atoms with Crippen LogP contribution in [0.5, 0.6) is 0 Å². The minimum Gasteiger partial charge on any atom is -0.478 e. The van der Waals surface area contributed by atoms with Crippen LogP contribution in [-0.2, 0) is 10.0 Å². The van der Waals surface area contributed by atoms with Gasteiger partial charge in [0.25, 0.3) is 10.0 Å². The highest BCUT2D eigenvalue weighted by Gasteiger charge is 2.20. The van der Waals surface area contributed by atoms with E-state index in [0.29, 0.717) is 5.82 Å². The zero-order valence-corrected chi connectivity index (χ0v) is 11.2. The molecule has 0 fully saturated rings. The number of nitrogens with zero attached hydrogens (tertiary/aromatic N) is 1. The number of aromatic amines is 1. The Labute approximate surface area is 114 Å². The molecule has 5 N–H and O–H groups in total. The van der Waals surface area contributed by atoms with Gasteiger partial charge in [-0.05, 0) is 25.1 Å². The van der Waals surface area contributed by atoms with Gasteiger partial charge in [0.2, 0.25) is 0 Å². The minimum absolute atomic E-state index is 0.107. The monoisotopic (exact) mass is 296 g/mol. The first kappa shape index (κ1) is 13.9. The first-order valence-corrected chi connectivity index (χ1v) is 6.95. The quantitative estimate of drug-likeness (QED) is 0.615. The molecule has 0 spiro atoms. The number of nitrogens with one attached hydrogen (secondary N) is 2. The fourth-order valence-corrected chi connectivity index (χ4v) is 2.61. The molecule has 0 aliphatic heterocycles. The number of aryl methyl sites for hydroxylation is 1. The molecule has 106 valence electrons. The molecule has 0 aliphatic rings. The number of hydrogen-bond donors (Lipinski definition) is 4. The van der Waals surface area contributed by atoms with Crippen molar-refractivity contribution >= 4 is 27.4 Å². The van der Waals surface area contributed by atoms with Gasteiger partial charge in [-0.25, -0.2) is 9.78 Å². The van der Waals surface area contributed by atoms with Crippen molar-refractivity contribution < 1.29 is 18.3 Å². The van der Waals surface area contributed by atoms with Crippen molar-refractivity contribution in [2.75, 3.05) is 10.5 Å². The number of carbonyl (C=O) groups is 1. The van der Waals surface area contributed by atoms with Gasteiger partial charge < -0.3 is 15.8 Å². The Morgan fingerprint density at radius 2 is 2.15 bits per heavy atom. The van der Waals surface area contributed by atoms with Crippen LogP contribution in [0, 0.1) is 6.92 Å². The average Bonchev–Trinajstić information content (AvgIpc) is 2.75. The molecule has 2 rings (SSSR count). The predicted molar refractivity (Wildman–Crippen MR) is 71.9 cm³/mol. The fraction of sp³-hybridized carbons (Fsp3) is 0.0909. The number of nitrogens with two attached hydrogens (primary N) is 1. The summed E-state index contributed by atoms with van der Waals surface area (Å²) < 4.78 is 26.3. The third kappa shape index (κ3) is 2.72. The first-order chi connectivity index (χ1) is 9.29. The number of nitrogen functional groups attached to an aromatic ring is 1. The van der Waals surface area contributed by atoms with Gasteiger partial charge >= 0.3 is 5.97 Å². The molecule has 8 nitrogen and oxygen atoms in total. The van der Waals surface area contributed by atoms with E-state index in [9.17, 15) is 13.2 Å². The van der Waals surface area contributed by atoms with E-state index in [1.54, 1.807) is 6.92 Å². The Hall–Kier alpha value is -2.55. The van der Waals surface area contributed by atoms with Crippen LogP contribution in [0.15, 0.2) is 29.4 Å². The molecule has 1 aromatic heterocycles. The third-order valence-corrected chi connectivity index (χ3v) is 3.76. The Bertz CT molecular complexity index is 766. The van der Waals surface area contributed by atoms with Crippen molar-refractivity contribution in [3.8, 4) is 0 Å². The van der Waals surface area contributed by atoms with E-state index in [1.165, 1.54) is 18.2 Å². The Morgan fingerprint density at radius 3 is 2.70 bits per heavy atom. The van der Waals surface area contributed by atoms with Crippen molar-refractivity contribution in [3.05, 3.63) is 35.8 Å². The van der Waals surface area contributed by atoms with Gasteiger partial charge in [-0.1, -0.05) is 0 Å². The Kier molecular flexibility index (Phi) is 3.36. The summed E-state index contributed by atoms with van der Waals surface area (Å²) in [5.74, 6) is -0.833. The molecule has 0 unspecified atom stereocenters. The lowest BCUT2D eigenvalue weighted by atomic mass is 10.1. The van der Waals surface area contributed by atoms with Crippen LogP contribution in [0.25, 0.3) is 0 Å². The van der Waals surface area contributed by atoms with Gasteiger partial charge in [-0.3, -0.25) is 4.72 Å². The van der Waals surface area contributed by atoms with Gasteiger partial charge in [0.1, 0.15) is 5.82 Å². The molecule has 0 aliphatic carbocycles. The molecule has 2 aromatic rings. The van der Waals surface area contributed by atoms with Crippen molar-refractivity contribution in [3.63, 3.8) is 0 Å². The Balaban J connectivity index is 2.44. The lowest BCUT2D eigenvalue weighted by Crippen LogP contribution is -2.16. The van der Waals surface area contributed by atoms with Gasteiger partial charge in [0, 0.05) is 5.69 Å². The summed E-state index contributed by atoms with van der Waals surface area (Å²) in [4.78, 5) is 17.4. The molecular weight excluding hydrogens is 284 g/mol. The van der Waals surface area contributed by atoms with Crippen molar-refractivity contribution in [2.45, 2.75) is 11.9 Å². The lowest BCUT2D eigenvalue weighted by Gasteiger charge is -2.10. The summed E-state index contributed by atoms with van der Waals surface area (Å²) in [5.41, 5.74) is 5.48. The number of anilines is 2. The number of carboxylic acids is 1. The number of hydrogen-bond acceptors (Lipinski definition) is 5. The lowest BCUT2D eigenvalue weighted by molar-refractivity contribution is 0.0698. The van der Waals surface area contributed by atoms with Crippen LogP contribution in [0.2, 0.25) is 0 Å². The fourth-order valence-electron chi connectivity index (χ4n) is 1.57. The number of sulfonamides is 1. The standard InChI is InChI=1S/C11H12N4O4S/c1-6-13-5-10(14-6)20(18,19)15-9-4-7(12)2-3-8(9)11(16)17/h2-5,15H,12H2,1H3,(H,13,14)(H,16,17). The van der Waals surface area contributed by atoms with E-state index in [1.807, 2.05) is 0 Å². The number of aromatic carboxylic acids is 1. The molecule has 9 heteroatoms. The largest absolute Gasteiger partial charge is 0.478 e. The summed E-state index contributed by atoms with van der Waals surface area (Å²) in [6.45, 7) is 1.60. The maximum Gasteiger partial charge on any atom is 0.337 e. The van der Waals surface area contributed by atoms with E-state index >= 15 is 0 Å².